The maximum Gasteiger partial charge on any atom is 0.410 e. The molecule has 0 bridgehead atoms. The van der Waals surface area contributed by atoms with Crippen LogP contribution in [0.15, 0.2) is 52.9 Å². The Balaban J connectivity index is 1.52. The lowest BCUT2D eigenvalue weighted by Gasteiger charge is -2.25. The van der Waals surface area contributed by atoms with Gasteiger partial charge in [0.05, 0.1) is 29.3 Å². The molecule has 1 fully saturated rings. The van der Waals surface area contributed by atoms with Crippen LogP contribution in [0.5, 0.6) is 5.75 Å². The van der Waals surface area contributed by atoms with E-state index in [1.54, 1.807) is 35.7 Å². The first-order chi connectivity index (χ1) is 18.4. The fourth-order valence-electron chi connectivity index (χ4n) is 4.21. The molecule has 1 aromatic heterocycles. The number of nitrogens with zero attached hydrogens (tertiary/aromatic N) is 3. The van der Waals surface area contributed by atoms with Gasteiger partial charge in [0.25, 0.3) is 10.0 Å². The summed E-state index contributed by atoms with van der Waals surface area (Å²) in [7, 11) is -2.40. The highest BCUT2D eigenvalue weighted by Crippen LogP contribution is 2.33. The number of aryl methyl sites for hydroxylation is 1. The lowest BCUT2D eigenvalue weighted by molar-refractivity contribution is 0.0293. The molecule has 1 aliphatic rings. The second-order valence-electron chi connectivity index (χ2n) is 10.3. The molecule has 0 radical (unpaired) electrons. The minimum Gasteiger partial charge on any atom is -0.497 e. The van der Waals surface area contributed by atoms with Crippen molar-refractivity contribution in [3.63, 3.8) is 0 Å². The monoisotopic (exact) mass is 592 g/mol. The largest absolute Gasteiger partial charge is 0.497 e. The molecule has 1 N–H and O–H groups in total. The van der Waals surface area contributed by atoms with Crippen LogP contribution in [0.1, 0.15) is 38.3 Å². The van der Waals surface area contributed by atoms with E-state index in [1.165, 1.54) is 27.8 Å². The van der Waals surface area contributed by atoms with E-state index in [0.717, 1.165) is 11.1 Å². The maximum atomic E-state index is 13.8. The second-order valence-corrected chi connectivity index (χ2v) is 13.5. The number of hydrogen-bond donors (Lipinski definition) is 1. The number of hydrogen-bond acceptors (Lipinski definition) is 8. The quantitative estimate of drug-likeness (QED) is 0.346. The molecule has 2 heterocycles. The Morgan fingerprint density at radius 2 is 2.03 bits per heavy atom. The SMILES string of the molecule is COc1ccc(CN(c2nccs2)S(=O)(=O)c2ccc(N[C@@H]3CCN(C(=O)OC(C)(C)C)C3)c(Cl)c2)c(C)c1. The van der Waals surface area contributed by atoms with Crippen LogP contribution in [0.2, 0.25) is 5.02 Å². The van der Waals surface area contributed by atoms with Crippen molar-refractivity contribution in [3.05, 3.63) is 64.1 Å². The Morgan fingerprint density at radius 1 is 1.26 bits per heavy atom. The van der Waals surface area contributed by atoms with Crippen LogP contribution in [0.3, 0.4) is 0 Å². The summed E-state index contributed by atoms with van der Waals surface area (Å²) in [5.41, 5.74) is 1.76. The summed E-state index contributed by atoms with van der Waals surface area (Å²) < 4.78 is 39.7. The molecule has 39 heavy (non-hydrogen) atoms. The number of likely N-dealkylation sites (tertiary alicyclic amines) is 1. The molecule has 0 unspecified atom stereocenters. The summed E-state index contributed by atoms with van der Waals surface area (Å²) in [5.74, 6) is 0.700. The van der Waals surface area contributed by atoms with E-state index in [9.17, 15) is 13.2 Å². The summed E-state index contributed by atoms with van der Waals surface area (Å²) in [6.07, 6.45) is 1.94. The van der Waals surface area contributed by atoms with Crippen molar-refractivity contribution in [2.24, 2.45) is 0 Å². The number of halogens is 1. The van der Waals surface area contributed by atoms with Gasteiger partial charge in [0, 0.05) is 30.7 Å². The Morgan fingerprint density at radius 3 is 2.64 bits per heavy atom. The number of benzene rings is 2. The lowest BCUT2D eigenvalue weighted by Crippen LogP contribution is -2.36. The topological polar surface area (TPSA) is 101 Å². The van der Waals surface area contributed by atoms with Gasteiger partial charge in [-0.2, -0.15) is 0 Å². The summed E-state index contributed by atoms with van der Waals surface area (Å²) in [6.45, 7) is 8.54. The number of aromatic nitrogens is 1. The van der Waals surface area contributed by atoms with E-state index < -0.39 is 15.6 Å². The molecule has 0 spiro atoms. The Labute approximate surface area is 238 Å². The van der Waals surface area contributed by atoms with Gasteiger partial charge in [0.2, 0.25) is 0 Å². The molecule has 4 rings (SSSR count). The molecule has 3 aromatic rings. The number of rotatable bonds is 8. The molecule has 9 nitrogen and oxygen atoms in total. The summed E-state index contributed by atoms with van der Waals surface area (Å²) in [4.78, 5) is 18.4. The number of ether oxygens (including phenoxy) is 2. The Bertz CT molecular complexity index is 1420. The average molecular weight is 593 g/mol. The number of carbonyl (C=O) groups is 1. The van der Waals surface area contributed by atoms with Crippen LogP contribution in [0, 0.1) is 6.92 Å². The van der Waals surface area contributed by atoms with Crippen molar-refractivity contribution in [1.29, 1.82) is 0 Å². The number of nitrogens with one attached hydrogen (secondary N) is 1. The van der Waals surface area contributed by atoms with Gasteiger partial charge in [-0.1, -0.05) is 17.7 Å². The van der Waals surface area contributed by atoms with Gasteiger partial charge >= 0.3 is 6.09 Å². The molecular formula is C27H33ClN4O5S2. The van der Waals surface area contributed by atoms with E-state index in [-0.39, 0.29) is 28.6 Å². The number of amides is 1. The summed E-state index contributed by atoms with van der Waals surface area (Å²) >= 11 is 7.81. The van der Waals surface area contributed by atoms with Crippen molar-refractivity contribution in [2.75, 3.05) is 29.8 Å². The Hall–Kier alpha value is -3.02. The van der Waals surface area contributed by atoms with Gasteiger partial charge in [-0.25, -0.2) is 22.5 Å². The van der Waals surface area contributed by atoms with Crippen molar-refractivity contribution in [3.8, 4) is 5.75 Å². The molecule has 1 amide bonds. The van der Waals surface area contributed by atoms with Gasteiger partial charge in [-0.05, 0) is 75.6 Å². The number of anilines is 2. The third kappa shape index (κ3) is 6.95. The lowest BCUT2D eigenvalue weighted by atomic mass is 10.1. The van der Waals surface area contributed by atoms with Gasteiger partial charge in [0.1, 0.15) is 11.4 Å². The Kier molecular flexibility index (Phi) is 8.63. The van der Waals surface area contributed by atoms with E-state index in [2.05, 4.69) is 10.3 Å². The first kappa shape index (κ1) is 29.0. The molecule has 12 heteroatoms. The zero-order chi connectivity index (χ0) is 28.4. The van der Waals surface area contributed by atoms with Crippen molar-refractivity contribution >= 4 is 49.9 Å². The minimum atomic E-state index is -3.99. The fraction of sp³-hybridized carbons (Fsp3) is 0.407. The van der Waals surface area contributed by atoms with Crippen molar-refractivity contribution in [2.45, 2.75) is 57.2 Å². The molecule has 2 aromatic carbocycles. The van der Waals surface area contributed by atoms with Crippen LogP contribution < -0.4 is 14.4 Å². The first-order valence-corrected chi connectivity index (χ1v) is 15.2. The maximum absolute atomic E-state index is 13.8. The second kappa shape index (κ2) is 11.6. The van der Waals surface area contributed by atoms with Crippen molar-refractivity contribution in [1.82, 2.24) is 9.88 Å². The number of methoxy groups -OCH3 is 1. The van der Waals surface area contributed by atoms with Gasteiger partial charge in [-0.3, -0.25) is 0 Å². The zero-order valence-electron chi connectivity index (χ0n) is 22.6. The molecule has 1 aliphatic heterocycles. The fourth-order valence-corrected chi connectivity index (χ4v) is 6.81. The number of thiazole rings is 1. The normalized spacial score (nSPS) is 15.7. The third-order valence-electron chi connectivity index (χ3n) is 6.22. The van der Waals surface area contributed by atoms with Gasteiger partial charge in [-0.15, -0.1) is 11.3 Å². The number of sulfonamides is 1. The van der Waals surface area contributed by atoms with Crippen LogP contribution in [0.4, 0.5) is 15.6 Å². The standard InChI is InChI=1S/C27H33ClN4O5S2/c1-18-14-21(36-5)7-6-19(18)16-32(25-29-11-13-38-25)39(34,35)22-8-9-24(23(28)15-22)30-20-10-12-31(17-20)26(33)37-27(2,3)4/h6-9,11,13-15,20,30H,10,12,16-17H2,1-5H3/t20-/m1/s1. The summed E-state index contributed by atoms with van der Waals surface area (Å²) in [5, 5.41) is 5.70. The van der Waals surface area contributed by atoms with Crippen LogP contribution in [0.25, 0.3) is 0 Å². The first-order valence-electron chi connectivity index (χ1n) is 12.5. The molecule has 210 valence electrons. The molecule has 1 saturated heterocycles. The van der Waals surface area contributed by atoms with Crippen LogP contribution in [-0.2, 0) is 21.3 Å². The van der Waals surface area contributed by atoms with Crippen molar-refractivity contribution < 1.29 is 22.7 Å². The predicted octanol–water partition coefficient (Wildman–Crippen LogP) is 5.93. The molecule has 0 saturated carbocycles. The predicted molar refractivity (Wildman–Crippen MR) is 155 cm³/mol. The molecular weight excluding hydrogens is 560 g/mol. The highest BCUT2D eigenvalue weighted by Gasteiger charge is 2.31. The van der Waals surface area contributed by atoms with Crippen LogP contribution in [-0.4, -0.2) is 56.2 Å². The highest BCUT2D eigenvalue weighted by atomic mass is 35.5. The van der Waals surface area contributed by atoms with E-state index in [4.69, 9.17) is 21.1 Å². The molecule has 0 aliphatic carbocycles. The summed E-state index contributed by atoms with van der Waals surface area (Å²) in [6, 6.07) is 10.1. The highest BCUT2D eigenvalue weighted by molar-refractivity contribution is 7.93. The smallest absolute Gasteiger partial charge is 0.410 e. The van der Waals surface area contributed by atoms with E-state index >= 15 is 0 Å². The van der Waals surface area contributed by atoms with E-state index in [1.807, 2.05) is 39.8 Å². The molecule has 1 atom stereocenters. The number of carbonyl (C=O) groups excluding carboxylic acids is 1. The third-order valence-corrected chi connectivity index (χ3v) is 9.18. The minimum absolute atomic E-state index is 0.0395. The van der Waals surface area contributed by atoms with Gasteiger partial charge in [0.15, 0.2) is 5.13 Å². The zero-order valence-corrected chi connectivity index (χ0v) is 25.0. The van der Waals surface area contributed by atoms with Gasteiger partial charge < -0.3 is 19.7 Å². The van der Waals surface area contributed by atoms with E-state index in [0.29, 0.717) is 36.1 Å². The van der Waals surface area contributed by atoms with Crippen LogP contribution >= 0.6 is 22.9 Å². The average Bonchev–Trinajstić information content (AvgIpc) is 3.56.